The molecular formula is C18H14N4O2. The van der Waals surface area contributed by atoms with Crippen molar-refractivity contribution in [1.29, 1.82) is 10.7 Å². The van der Waals surface area contributed by atoms with Crippen LogP contribution in [0.2, 0.25) is 0 Å². The summed E-state index contributed by atoms with van der Waals surface area (Å²) in [6.07, 6.45) is 3.21. The van der Waals surface area contributed by atoms with Crippen LogP contribution in [0.25, 0.3) is 5.70 Å². The standard InChI is InChI=1S/C18H14N4O2/c1-24-13-8-6-12(7-9-13)22(11-19)17(23)10-16-14-4-2-3-5-15(14)18(20)21-16/h2-10H,1H3,(H2,20,21). The minimum Gasteiger partial charge on any atom is -0.497 e. The first kappa shape index (κ1) is 15.3. The number of nitrogens with zero attached hydrogens (tertiary/aromatic N) is 2. The molecule has 2 aromatic rings. The van der Waals surface area contributed by atoms with Crippen molar-refractivity contribution in [2.45, 2.75) is 0 Å². The van der Waals surface area contributed by atoms with Crippen molar-refractivity contribution in [1.82, 2.24) is 5.32 Å². The fourth-order valence-corrected chi connectivity index (χ4v) is 2.47. The molecule has 0 aliphatic carbocycles. The molecule has 6 heteroatoms. The molecule has 0 spiro atoms. The number of benzene rings is 2. The first-order chi connectivity index (χ1) is 11.6. The van der Waals surface area contributed by atoms with E-state index in [-0.39, 0.29) is 5.84 Å². The zero-order valence-corrected chi connectivity index (χ0v) is 12.9. The number of nitrogens with one attached hydrogen (secondary N) is 2. The molecule has 0 saturated heterocycles. The average Bonchev–Trinajstić information content (AvgIpc) is 2.92. The van der Waals surface area contributed by atoms with Crippen molar-refractivity contribution in [3.8, 4) is 11.9 Å². The average molecular weight is 318 g/mol. The summed E-state index contributed by atoms with van der Waals surface area (Å²) in [5.74, 6) is 0.384. The molecule has 0 bridgehead atoms. The monoisotopic (exact) mass is 318 g/mol. The highest BCUT2D eigenvalue weighted by molar-refractivity contribution is 6.15. The van der Waals surface area contributed by atoms with E-state index < -0.39 is 5.91 Å². The molecule has 118 valence electrons. The van der Waals surface area contributed by atoms with E-state index >= 15 is 0 Å². The van der Waals surface area contributed by atoms with E-state index in [4.69, 9.17) is 10.1 Å². The second kappa shape index (κ2) is 6.26. The number of amidine groups is 1. The Labute approximate surface area is 139 Å². The normalized spacial score (nSPS) is 13.8. The SMILES string of the molecule is COc1ccc(N(C#N)C(=O)C=C2NC(=N)c3ccccc32)cc1. The summed E-state index contributed by atoms with van der Waals surface area (Å²) in [7, 11) is 1.55. The van der Waals surface area contributed by atoms with Crippen LogP contribution < -0.4 is 15.0 Å². The third kappa shape index (κ3) is 2.71. The van der Waals surface area contributed by atoms with Gasteiger partial charge in [-0.1, -0.05) is 24.3 Å². The second-order valence-corrected chi connectivity index (χ2v) is 5.08. The quantitative estimate of drug-likeness (QED) is 0.517. The van der Waals surface area contributed by atoms with E-state index in [1.54, 1.807) is 31.4 Å². The lowest BCUT2D eigenvalue weighted by Gasteiger charge is -2.12. The molecule has 24 heavy (non-hydrogen) atoms. The van der Waals surface area contributed by atoms with Crippen LogP contribution in [-0.2, 0) is 4.79 Å². The number of amides is 1. The molecule has 0 atom stereocenters. The fourth-order valence-electron chi connectivity index (χ4n) is 2.47. The van der Waals surface area contributed by atoms with Gasteiger partial charge in [-0.3, -0.25) is 10.2 Å². The maximum absolute atomic E-state index is 12.5. The molecule has 1 amide bonds. The highest BCUT2D eigenvalue weighted by atomic mass is 16.5. The van der Waals surface area contributed by atoms with E-state index in [0.717, 1.165) is 16.0 Å². The molecule has 2 N–H and O–H groups in total. The maximum atomic E-state index is 12.5. The first-order valence-corrected chi connectivity index (χ1v) is 7.19. The summed E-state index contributed by atoms with van der Waals surface area (Å²) in [4.78, 5) is 13.5. The molecule has 0 saturated carbocycles. The van der Waals surface area contributed by atoms with Gasteiger partial charge in [-0.05, 0) is 24.3 Å². The van der Waals surface area contributed by atoms with Gasteiger partial charge in [-0.25, -0.2) is 4.90 Å². The number of ether oxygens (including phenoxy) is 1. The number of nitriles is 1. The number of anilines is 1. The van der Waals surface area contributed by atoms with Gasteiger partial charge in [0.15, 0.2) is 6.19 Å². The third-order valence-electron chi connectivity index (χ3n) is 3.67. The van der Waals surface area contributed by atoms with Gasteiger partial charge in [0.1, 0.15) is 11.6 Å². The highest BCUT2D eigenvalue weighted by Gasteiger charge is 2.22. The molecule has 1 heterocycles. The Morgan fingerprint density at radius 2 is 1.88 bits per heavy atom. The first-order valence-electron chi connectivity index (χ1n) is 7.19. The minimum absolute atomic E-state index is 0.234. The van der Waals surface area contributed by atoms with Crippen LogP contribution in [0.4, 0.5) is 5.69 Å². The van der Waals surface area contributed by atoms with Gasteiger partial charge in [-0.2, -0.15) is 5.26 Å². The Hall–Kier alpha value is -3.59. The lowest BCUT2D eigenvalue weighted by atomic mass is 10.1. The zero-order valence-electron chi connectivity index (χ0n) is 12.9. The van der Waals surface area contributed by atoms with Crippen LogP contribution >= 0.6 is 0 Å². The summed E-state index contributed by atoms with van der Waals surface area (Å²) in [5.41, 5.74) is 2.45. The van der Waals surface area contributed by atoms with Crippen LogP contribution in [-0.4, -0.2) is 18.9 Å². The van der Waals surface area contributed by atoms with Crippen LogP contribution in [0, 0.1) is 16.9 Å². The van der Waals surface area contributed by atoms with Crippen molar-refractivity contribution in [2.75, 3.05) is 12.0 Å². The number of methoxy groups -OCH3 is 1. The fraction of sp³-hybridized carbons (Fsp3) is 0.0556. The Bertz CT molecular complexity index is 879. The Kier molecular flexibility index (Phi) is 4.00. The number of carbonyl (C=O) groups excluding carboxylic acids is 1. The topological polar surface area (TPSA) is 89.2 Å². The third-order valence-corrected chi connectivity index (χ3v) is 3.67. The molecular weight excluding hydrogens is 304 g/mol. The molecule has 1 aliphatic heterocycles. The summed E-state index contributed by atoms with van der Waals surface area (Å²) < 4.78 is 5.07. The van der Waals surface area contributed by atoms with E-state index in [1.807, 2.05) is 30.5 Å². The smallest absolute Gasteiger partial charge is 0.266 e. The maximum Gasteiger partial charge on any atom is 0.266 e. The lowest BCUT2D eigenvalue weighted by Crippen LogP contribution is -2.25. The van der Waals surface area contributed by atoms with Crippen molar-refractivity contribution < 1.29 is 9.53 Å². The molecule has 1 aliphatic rings. The largest absolute Gasteiger partial charge is 0.497 e. The van der Waals surface area contributed by atoms with Gasteiger partial charge in [0.05, 0.1) is 18.5 Å². The van der Waals surface area contributed by atoms with Crippen LogP contribution in [0.15, 0.2) is 54.6 Å². The van der Waals surface area contributed by atoms with Gasteiger partial charge < -0.3 is 10.1 Å². The highest BCUT2D eigenvalue weighted by Crippen LogP contribution is 2.25. The molecule has 0 radical (unpaired) electrons. The predicted octanol–water partition coefficient (Wildman–Crippen LogP) is 2.48. The predicted molar refractivity (Wildman–Crippen MR) is 90.5 cm³/mol. The van der Waals surface area contributed by atoms with E-state index in [0.29, 0.717) is 17.1 Å². The Morgan fingerprint density at radius 3 is 2.50 bits per heavy atom. The molecule has 0 fully saturated rings. The van der Waals surface area contributed by atoms with E-state index in [2.05, 4.69) is 5.32 Å². The van der Waals surface area contributed by atoms with E-state index in [1.165, 1.54) is 6.08 Å². The molecule has 0 aromatic heterocycles. The van der Waals surface area contributed by atoms with Crippen LogP contribution in [0.1, 0.15) is 11.1 Å². The van der Waals surface area contributed by atoms with Crippen molar-refractivity contribution in [2.24, 2.45) is 0 Å². The zero-order chi connectivity index (χ0) is 17.1. The molecule has 2 aromatic carbocycles. The van der Waals surface area contributed by atoms with Gasteiger partial charge in [-0.15, -0.1) is 0 Å². The Morgan fingerprint density at radius 1 is 1.21 bits per heavy atom. The number of fused-ring (bicyclic) bond motifs is 1. The molecule has 6 nitrogen and oxygen atoms in total. The number of hydrogen-bond acceptors (Lipinski definition) is 4. The summed E-state index contributed by atoms with van der Waals surface area (Å²) in [6.45, 7) is 0. The van der Waals surface area contributed by atoms with Crippen molar-refractivity contribution in [3.05, 3.63) is 65.7 Å². The van der Waals surface area contributed by atoms with Crippen molar-refractivity contribution >= 4 is 23.1 Å². The summed E-state index contributed by atoms with van der Waals surface area (Å²) in [6, 6.07) is 13.9. The van der Waals surface area contributed by atoms with Gasteiger partial charge >= 0.3 is 0 Å². The van der Waals surface area contributed by atoms with E-state index in [9.17, 15) is 10.1 Å². The van der Waals surface area contributed by atoms with Crippen LogP contribution in [0.5, 0.6) is 5.75 Å². The Balaban J connectivity index is 1.90. The number of rotatable bonds is 3. The summed E-state index contributed by atoms with van der Waals surface area (Å²) in [5, 5.41) is 20.1. The molecule has 3 rings (SSSR count). The van der Waals surface area contributed by atoms with Gasteiger partial charge in [0.25, 0.3) is 5.91 Å². The minimum atomic E-state index is -0.491. The summed E-state index contributed by atoms with van der Waals surface area (Å²) >= 11 is 0. The van der Waals surface area contributed by atoms with Gasteiger partial charge in [0.2, 0.25) is 0 Å². The van der Waals surface area contributed by atoms with Crippen molar-refractivity contribution in [3.63, 3.8) is 0 Å². The van der Waals surface area contributed by atoms with Crippen LogP contribution in [0.3, 0.4) is 0 Å². The molecule has 0 unspecified atom stereocenters. The number of carbonyl (C=O) groups is 1. The lowest BCUT2D eigenvalue weighted by molar-refractivity contribution is -0.113. The second-order valence-electron chi connectivity index (χ2n) is 5.08. The number of hydrogen-bond donors (Lipinski definition) is 2. The van der Waals surface area contributed by atoms with Gasteiger partial charge in [0, 0.05) is 17.2 Å².